The number of anilines is 1. The van der Waals surface area contributed by atoms with Gasteiger partial charge in [-0.2, -0.15) is 0 Å². The molecule has 0 atom stereocenters. The summed E-state index contributed by atoms with van der Waals surface area (Å²) >= 11 is 1.22. The summed E-state index contributed by atoms with van der Waals surface area (Å²) < 4.78 is 7.78. The summed E-state index contributed by atoms with van der Waals surface area (Å²) in [6.45, 7) is 3.97. The van der Waals surface area contributed by atoms with Crippen LogP contribution in [0.5, 0.6) is 5.75 Å². The van der Waals surface area contributed by atoms with Crippen molar-refractivity contribution in [1.82, 2.24) is 14.8 Å². The Morgan fingerprint density at radius 1 is 1.06 bits per heavy atom. The lowest BCUT2D eigenvalue weighted by molar-refractivity contribution is -0.384. The van der Waals surface area contributed by atoms with Crippen molar-refractivity contribution in [3.63, 3.8) is 0 Å². The number of nitro benzene ring substituents is 1. The molecule has 4 aromatic rings. The van der Waals surface area contributed by atoms with Crippen molar-refractivity contribution in [3.05, 3.63) is 99.9 Å². The van der Waals surface area contributed by atoms with Crippen LogP contribution in [-0.2, 0) is 11.4 Å². The molecule has 0 aliphatic heterocycles. The van der Waals surface area contributed by atoms with Crippen LogP contribution in [0.3, 0.4) is 0 Å². The van der Waals surface area contributed by atoms with Gasteiger partial charge in [-0.15, -0.1) is 10.2 Å². The Balaban J connectivity index is 1.50. The number of carbonyl (C=O) groups is 1. The molecule has 4 rings (SSSR count). The van der Waals surface area contributed by atoms with Crippen molar-refractivity contribution >= 4 is 29.0 Å². The number of rotatable bonds is 9. The average Bonchev–Trinajstić information content (AvgIpc) is 3.26. The maximum Gasteiger partial charge on any atom is 0.271 e. The van der Waals surface area contributed by atoms with Crippen molar-refractivity contribution in [1.29, 1.82) is 0 Å². The number of carbonyl (C=O) groups excluding carboxylic acids is 1. The molecule has 0 saturated carbocycles. The van der Waals surface area contributed by atoms with Crippen molar-refractivity contribution in [2.75, 3.05) is 11.1 Å². The number of non-ortho nitro benzene ring substituents is 1. The van der Waals surface area contributed by atoms with E-state index in [-0.39, 0.29) is 24.0 Å². The monoisotopic (exact) mass is 489 g/mol. The van der Waals surface area contributed by atoms with Crippen LogP contribution in [-0.4, -0.2) is 31.3 Å². The maximum atomic E-state index is 12.6. The van der Waals surface area contributed by atoms with E-state index in [9.17, 15) is 14.9 Å². The molecular weight excluding hydrogens is 466 g/mol. The van der Waals surface area contributed by atoms with Gasteiger partial charge in [-0.3, -0.25) is 19.5 Å². The number of ether oxygens (including phenoxy) is 1. The van der Waals surface area contributed by atoms with Crippen LogP contribution in [0.4, 0.5) is 11.4 Å². The van der Waals surface area contributed by atoms with Crippen LogP contribution in [0.2, 0.25) is 0 Å². The number of benzene rings is 3. The number of thioether (sulfide) groups is 1. The third-order valence-electron chi connectivity index (χ3n) is 5.11. The van der Waals surface area contributed by atoms with E-state index in [1.807, 2.05) is 66.1 Å². The van der Waals surface area contributed by atoms with E-state index in [1.165, 1.54) is 23.9 Å². The minimum Gasteiger partial charge on any atom is -0.486 e. The van der Waals surface area contributed by atoms with Crippen LogP contribution >= 0.6 is 11.8 Å². The van der Waals surface area contributed by atoms with Gasteiger partial charge in [-0.25, -0.2) is 0 Å². The van der Waals surface area contributed by atoms with Gasteiger partial charge in [0.2, 0.25) is 5.91 Å². The zero-order chi connectivity index (χ0) is 24.8. The smallest absolute Gasteiger partial charge is 0.271 e. The minimum absolute atomic E-state index is 0.0475. The number of aromatic nitrogens is 3. The van der Waals surface area contributed by atoms with Crippen LogP contribution in [0.1, 0.15) is 17.0 Å². The van der Waals surface area contributed by atoms with Gasteiger partial charge >= 0.3 is 0 Å². The van der Waals surface area contributed by atoms with Crippen LogP contribution < -0.4 is 10.1 Å². The Morgan fingerprint density at radius 3 is 2.60 bits per heavy atom. The molecule has 0 spiro atoms. The molecular formula is C25H23N5O4S. The van der Waals surface area contributed by atoms with Gasteiger partial charge in [0.15, 0.2) is 11.0 Å². The fourth-order valence-electron chi connectivity index (χ4n) is 3.35. The molecule has 9 nitrogen and oxygen atoms in total. The SMILES string of the molecule is Cc1cccc(OCc2nnc(SCC(=O)Nc3cc([N+](=O)[O-])ccc3C)n2-c2ccccc2)c1. The Bertz CT molecular complexity index is 1360. The predicted octanol–water partition coefficient (Wildman–Crippen LogP) is 5.10. The molecule has 1 amide bonds. The first kappa shape index (κ1) is 24.0. The summed E-state index contributed by atoms with van der Waals surface area (Å²) in [6, 6.07) is 21.7. The molecule has 0 aliphatic rings. The first-order valence-corrected chi connectivity index (χ1v) is 11.8. The lowest BCUT2D eigenvalue weighted by atomic mass is 10.2. The number of nitrogens with one attached hydrogen (secondary N) is 1. The van der Waals surface area contributed by atoms with Gasteiger partial charge in [-0.1, -0.05) is 48.2 Å². The molecule has 0 unspecified atom stereocenters. The minimum atomic E-state index is -0.494. The van der Waals surface area contributed by atoms with E-state index < -0.39 is 4.92 Å². The van der Waals surface area contributed by atoms with E-state index in [0.717, 1.165) is 22.6 Å². The highest BCUT2D eigenvalue weighted by Gasteiger charge is 2.17. The third kappa shape index (κ3) is 6.04. The molecule has 0 bridgehead atoms. The van der Waals surface area contributed by atoms with Gasteiger partial charge in [0.25, 0.3) is 5.69 Å². The number of amides is 1. The Labute approximate surface area is 206 Å². The standard InChI is InChI=1S/C25H23N5O4S/c1-17-7-6-10-21(13-17)34-15-23-27-28-25(29(23)19-8-4-3-5-9-19)35-16-24(31)26-22-14-20(30(32)33)12-11-18(22)2/h3-14H,15-16H2,1-2H3,(H,26,31). The molecule has 1 N–H and O–H groups in total. The Kier molecular flexibility index (Phi) is 7.41. The molecule has 35 heavy (non-hydrogen) atoms. The maximum absolute atomic E-state index is 12.6. The normalized spacial score (nSPS) is 10.7. The summed E-state index contributed by atoms with van der Waals surface area (Å²) in [5, 5.41) is 22.9. The lowest BCUT2D eigenvalue weighted by Gasteiger charge is -2.12. The van der Waals surface area contributed by atoms with E-state index >= 15 is 0 Å². The molecule has 10 heteroatoms. The second-order valence-corrected chi connectivity index (χ2v) is 8.71. The first-order valence-electron chi connectivity index (χ1n) is 10.8. The number of aryl methyl sites for hydroxylation is 2. The Hall–Kier alpha value is -4.18. The number of hydrogen-bond donors (Lipinski definition) is 1. The zero-order valence-corrected chi connectivity index (χ0v) is 20.0. The van der Waals surface area contributed by atoms with Crippen LogP contribution in [0.25, 0.3) is 5.69 Å². The van der Waals surface area contributed by atoms with Crippen molar-refractivity contribution in [2.45, 2.75) is 25.6 Å². The van der Waals surface area contributed by atoms with E-state index in [0.29, 0.717) is 16.7 Å². The lowest BCUT2D eigenvalue weighted by Crippen LogP contribution is -2.15. The van der Waals surface area contributed by atoms with Gasteiger partial charge in [0.05, 0.1) is 16.4 Å². The second-order valence-electron chi connectivity index (χ2n) is 7.77. The molecule has 3 aromatic carbocycles. The number of nitrogens with zero attached hydrogens (tertiary/aromatic N) is 4. The molecule has 1 aromatic heterocycles. The zero-order valence-electron chi connectivity index (χ0n) is 19.2. The van der Waals surface area contributed by atoms with Gasteiger partial charge < -0.3 is 10.1 Å². The highest BCUT2D eigenvalue weighted by atomic mass is 32.2. The quantitative estimate of drug-likeness (QED) is 0.198. The van der Waals surface area contributed by atoms with Gasteiger partial charge in [-0.05, 0) is 49.2 Å². The number of nitro groups is 1. The van der Waals surface area contributed by atoms with Crippen LogP contribution in [0.15, 0.2) is 78.0 Å². The summed E-state index contributed by atoms with van der Waals surface area (Å²) in [4.78, 5) is 23.2. The fraction of sp³-hybridized carbons (Fsp3) is 0.160. The summed E-state index contributed by atoms with van der Waals surface area (Å²) in [6.07, 6.45) is 0. The van der Waals surface area contributed by atoms with E-state index in [2.05, 4.69) is 15.5 Å². The van der Waals surface area contributed by atoms with Crippen molar-refractivity contribution in [3.8, 4) is 11.4 Å². The average molecular weight is 490 g/mol. The largest absolute Gasteiger partial charge is 0.486 e. The molecule has 0 radical (unpaired) electrons. The number of hydrogen-bond acceptors (Lipinski definition) is 7. The first-order chi connectivity index (χ1) is 16.9. The second kappa shape index (κ2) is 10.8. The fourth-order valence-corrected chi connectivity index (χ4v) is 4.12. The molecule has 0 saturated heterocycles. The van der Waals surface area contributed by atoms with Crippen LogP contribution in [0, 0.1) is 24.0 Å². The van der Waals surface area contributed by atoms with Crippen molar-refractivity contribution < 1.29 is 14.5 Å². The predicted molar refractivity (Wildman–Crippen MR) is 134 cm³/mol. The third-order valence-corrected chi connectivity index (χ3v) is 6.04. The summed E-state index contributed by atoms with van der Waals surface area (Å²) in [5.74, 6) is 1.06. The van der Waals surface area contributed by atoms with Gasteiger partial charge in [0, 0.05) is 17.8 Å². The highest BCUT2D eigenvalue weighted by Crippen LogP contribution is 2.25. The molecule has 0 aliphatic carbocycles. The van der Waals surface area contributed by atoms with E-state index in [1.54, 1.807) is 13.0 Å². The topological polar surface area (TPSA) is 112 Å². The van der Waals surface area contributed by atoms with Crippen molar-refractivity contribution in [2.24, 2.45) is 0 Å². The molecule has 1 heterocycles. The molecule has 0 fully saturated rings. The molecule has 178 valence electrons. The number of para-hydroxylation sites is 1. The highest BCUT2D eigenvalue weighted by molar-refractivity contribution is 7.99. The summed E-state index contributed by atoms with van der Waals surface area (Å²) in [7, 11) is 0. The Morgan fingerprint density at radius 2 is 1.86 bits per heavy atom. The summed E-state index contributed by atoms with van der Waals surface area (Å²) in [5.41, 5.74) is 2.99. The van der Waals surface area contributed by atoms with Gasteiger partial charge in [0.1, 0.15) is 12.4 Å². The van der Waals surface area contributed by atoms with E-state index in [4.69, 9.17) is 4.74 Å².